The van der Waals surface area contributed by atoms with Crippen molar-refractivity contribution in [3.8, 4) is 0 Å². The summed E-state index contributed by atoms with van der Waals surface area (Å²) in [5.74, 6) is 0.0640. The van der Waals surface area contributed by atoms with E-state index in [-0.39, 0.29) is 5.82 Å². The van der Waals surface area contributed by atoms with E-state index in [1.54, 1.807) is 6.07 Å². The first-order valence-electron chi connectivity index (χ1n) is 8.55. The molecule has 0 fully saturated rings. The second-order valence-electron chi connectivity index (χ2n) is 6.30. The summed E-state index contributed by atoms with van der Waals surface area (Å²) in [6, 6.07) is 10.6. The number of aryl methyl sites for hydroxylation is 1. The number of para-hydroxylation sites is 1. The number of fused-ring (bicyclic) bond motifs is 2. The SMILES string of the molecule is CCN1CCCc2cccc(C[S+]([O-])c3nc4cc(F)ccc4[nH]3)c21. The van der Waals surface area contributed by atoms with Crippen molar-refractivity contribution in [1.29, 1.82) is 0 Å². The van der Waals surface area contributed by atoms with E-state index in [1.807, 2.05) is 12.1 Å². The summed E-state index contributed by atoms with van der Waals surface area (Å²) in [6.07, 6.45) is 2.22. The smallest absolute Gasteiger partial charge is 0.321 e. The minimum Gasteiger partial charge on any atom is -0.609 e. The maximum atomic E-state index is 13.3. The van der Waals surface area contributed by atoms with Crippen LogP contribution in [0.5, 0.6) is 0 Å². The zero-order valence-electron chi connectivity index (χ0n) is 14.1. The van der Waals surface area contributed by atoms with Gasteiger partial charge in [0.05, 0.1) is 11.0 Å². The Hall–Kier alpha value is -2.05. The summed E-state index contributed by atoms with van der Waals surface area (Å²) >= 11 is -1.30. The van der Waals surface area contributed by atoms with E-state index in [1.165, 1.54) is 23.4 Å². The van der Waals surface area contributed by atoms with Crippen LogP contribution in [0, 0.1) is 5.82 Å². The lowest BCUT2D eigenvalue weighted by Crippen LogP contribution is -2.30. The Labute approximate surface area is 149 Å². The summed E-state index contributed by atoms with van der Waals surface area (Å²) in [6.45, 7) is 4.13. The molecule has 1 atom stereocenters. The van der Waals surface area contributed by atoms with Crippen LogP contribution in [0.25, 0.3) is 11.0 Å². The molecular weight excluding hydrogens is 337 g/mol. The fraction of sp³-hybridized carbons (Fsp3) is 0.316. The lowest BCUT2D eigenvalue weighted by atomic mass is 9.98. The summed E-state index contributed by atoms with van der Waals surface area (Å²) in [4.78, 5) is 9.73. The van der Waals surface area contributed by atoms with Crippen LogP contribution in [-0.4, -0.2) is 27.6 Å². The van der Waals surface area contributed by atoms with Crippen molar-refractivity contribution in [2.45, 2.75) is 30.7 Å². The van der Waals surface area contributed by atoms with Crippen LogP contribution in [0.2, 0.25) is 0 Å². The number of halogens is 1. The molecule has 0 saturated carbocycles. The largest absolute Gasteiger partial charge is 0.609 e. The van der Waals surface area contributed by atoms with Gasteiger partial charge in [0.15, 0.2) is 0 Å². The Kier molecular flexibility index (Phi) is 4.39. The number of nitrogens with zero attached hydrogens (tertiary/aromatic N) is 2. The molecule has 4 nitrogen and oxygen atoms in total. The average molecular weight is 357 g/mol. The highest BCUT2D eigenvalue weighted by atomic mass is 32.2. The maximum Gasteiger partial charge on any atom is 0.321 e. The standard InChI is InChI=1S/C19H20FN3OS/c1-2-23-10-4-7-13-5-3-6-14(18(13)23)12-25(24)19-21-16-9-8-15(20)11-17(16)22-19/h3,5-6,8-9,11H,2,4,7,10,12H2,1H3,(H,21,22). The molecule has 0 bridgehead atoms. The molecule has 1 aliphatic heterocycles. The molecule has 1 aromatic heterocycles. The van der Waals surface area contributed by atoms with Crippen molar-refractivity contribution in [1.82, 2.24) is 9.97 Å². The van der Waals surface area contributed by atoms with Gasteiger partial charge in [-0.25, -0.2) is 4.39 Å². The van der Waals surface area contributed by atoms with Crippen LogP contribution in [0.3, 0.4) is 0 Å². The number of rotatable bonds is 4. The first kappa shape index (κ1) is 16.4. The van der Waals surface area contributed by atoms with Crippen LogP contribution < -0.4 is 4.90 Å². The molecule has 2 aromatic carbocycles. The Morgan fingerprint density at radius 2 is 2.20 bits per heavy atom. The van der Waals surface area contributed by atoms with Gasteiger partial charge in [0, 0.05) is 41.6 Å². The number of hydrogen-bond acceptors (Lipinski definition) is 3. The van der Waals surface area contributed by atoms with Crippen molar-refractivity contribution in [3.63, 3.8) is 0 Å². The number of anilines is 1. The molecule has 25 heavy (non-hydrogen) atoms. The van der Waals surface area contributed by atoms with Crippen molar-refractivity contribution in [3.05, 3.63) is 53.3 Å². The molecule has 3 aromatic rings. The Morgan fingerprint density at radius 1 is 1.32 bits per heavy atom. The number of nitrogens with one attached hydrogen (secondary N) is 1. The van der Waals surface area contributed by atoms with Crippen molar-refractivity contribution in [2.24, 2.45) is 0 Å². The molecule has 0 radical (unpaired) electrons. The van der Waals surface area contributed by atoms with Gasteiger partial charge in [-0.05, 0) is 37.5 Å². The number of aromatic nitrogens is 2. The molecule has 130 valence electrons. The second kappa shape index (κ2) is 6.69. The van der Waals surface area contributed by atoms with E-state index in [0.717, 1.165) is 31.5 Å². The fourth-order valence-electron chi connectivity index (χ4n) is 3.53. The third-order valence-corrected chi connectivity index (χ3v) is 5.90. The highest BCUT2D eigenvalue weighted by Crippen LogP contribution is 2.32. The molecule has 4 rings (SSSR count). The summed E-state index contributed by atoms with van der Waals surface area (Å²) in [7, 11) is 0. The first-order valence-corrected chi connectivity index (χ1v) is 9.87. The Morgan fingerprint density at radius 3 is 3.04 bits per heavy atom. The van der Waals surface area contributed by atoms with Crippen molar-refractivity contribution in [2.75, 3.05) is 18.0 Å². The molecule has 6 heteroatoms. The van der Waals surface area contributed by atoms with E-state index in [2.05, 4.69) is 27.9 Å². The zero-order valence-corrected chi connectivity index (χ0v) is 14.9. The molecule has 0 amide bonds. The maximum absolute atomic E-state index is 13.3. The van der Waals surface area contributed by atoms with Gasteiger partial charge in [0.2, 0.25) is 0 Å². The van der Waals surface area contributed by atoms with Crippen molar-refractivity contribution < 1.29 is 8.94 Å². The third-order valence-electron chi connectivity index (χ3n) is 4.70. The lowest BCUT2D eigenvalue weighted by molar-refractivity contribution is 0.587. The Bertz CT molecular complexity index is 911. The highest BCUT2D eigenvalue weighted by Gasteiger charge is 2.24. The summed E-state index contributed by atoms with van der Waals surface area (Å²) < 4.78 is 26.2. The molecule has 0 saturated heterocycles. The van der Waals surface area contributed by atoms with Gasteiger partial charge in [0.25, 0.3) is 0 Å². The van der Waals surface area contributed by atoms with Crippen LogP contribution in [-0.2, 0) is 23.3 Å². The third kappa shape index (κ3) is 3.12. The van der Waals surface area contributed by atoms with Crippen LogP contribution in [0.15, 0.2) is 41.6 Å². The van der Waals surface area contributed by atoms with Gasteiger partial charge in [-0.3, -0.25) is 4.98 Å². The quantitative estimate of drug-likeness (QED) is 0.723. The second-order valence-corrected chi connectivity index (χ2v) is 7.67. The van der Waals surface area contributed by atoms with Gasteiger partial charge in [-0.1, -0.05) is 18.2 Å². The van der Waals surface area contributed by atoms with E-state index in [4.69, 9.17) is 0 Å². The van der Waals surface area contributed by atoms with Gasteiger partial charge >= 0.3 is 5.16 Å². The number of aromatic amines is 1. The van der Waals surface area contributed by atoms with Gasteiger partial charge in [-0.15, -0.1) is 0 Å². The molecule has 2 heterocycles. The summed E-state index contributed by atoms with van der Waals surface area (Å²) in [5.41, 5.74) is 4.86. The predicted molar refractivity (Wildman–Crippen MR) is 98.8 cm³/mol. The number of hydrogen-bond donors (Lipinski definition) is 1. The Balaban J connectivity index is 1.65. The lowest BCUT2D eigenvalue weighted by Gasteiger charge is -2.32. The van der Waals surface area contributed by atoms with E-state index >= 15 is 0 Å². The topological polar surface area (TPSA) is 55.0 Å². The van der Waals surface area contributed by atoms with Crippen LogP contribution in [0.4, 0.5) is 10.1 Å². The zero-order chi connectivity index (χ0) is 17.4. The average Bonchev–Trinajstić information content (AvgIpc) is 3.04. The van der Waals surface area contributed by atoms with E-state index in [9.17, 15) is 8.94 Å². The fourth-order valence-corrected chi connectivity index (χ4v) is 4.61. The minimum atomic E-state index is -1.30. The molecular formula is C19H20FN3OS. The molecule has 0 spiro atoms. The number of imidazole rings is 1. The van der Waals surface area contributed by atoms with Crippen molar-refractivity contribution >= 4 is 27.9 Å². The van der Waals surface area contributed by atoms with Gasteiger partial charge in [-0.2, -0.15) is 4.98 Å². The first-order chi connectivity index (χ1) is 12.2. The normalized spacial score (nSPS) is 15.4. The summed E-state index contributed by atoms with van der Waals surface area (Å²) in [5, 5.41) is 0.400. The highest BCUT2D eigenvalue weighted by molar-refractivity contribution is 7.90. The molecule has 0 aliphatic carbocycles. The molecule has 1 aliphatic rings. The number of H-pyrrole nitrogens is 1. The van der Waals surface area contributed by atoms with Crippen LogP contribution >= 0.6 is 0 Å². The predicted octanol–water partition coefficient (Wildman–Crippen LogP) is 3.78. The van der Waals surface area contributed by atoms with Gasteiger partial charge < -0.3 is 9.45 Å². The monoisotopic (exact) mass is 357 g/mol. The number of benzene rings is 2. The minimum absolute atomic E-state index is 0.341. The van der Waals surface area contributed by atoms with Crippen LogP contribution in [0.1, 0.15) is 24.5 Å². The molecule has 1 unspecified atom stereocenters. The van der Waals surface area contributed by atoms with Gasteiger partial charge in [0.1, 0.15) is 11.6 Å². The van der Waals surface area contributed by atoms with E-state index in [0.29, 0.717) is 21.9 Å². The van der Waals surface area contributed by atoms with E-state index < -0.39 is 11.2 Å². The molecule has 1 N–H and O–H groups in total.